The molecule has 0 aliphatic heterocycles. The van der Waals surface area contributed by atoms with Gasteiger partial charge in [0.05, 0.1) is 5.69 Å². The number of aliphatic hydroxyl groups is 1. The van der Waals surface area contributed by atoms with E-state index in [2.05, 4.69) is 4.98 Å². The van der Waals surface area contributed by atoms with Crippen molar-refractivity contribution in [1.29, 1.82) is 0 Å². The van der Waals surface area contributed by atoms with Crippen LogP contribution in [0, 0.1) is 6.92 Å². The maximum atomic E-state index is 10.6. The van der Waals surface area contributed by atoms with Gasteiger partial charge in [0, 0.05) is 5.56 Å². The lowest BCUT2D eigenvalue weighted by Gasteiger charge is -2.05. The van der Waals surface area contributed by atoms with Crippen LogP contribution >= 0.6 is 0 Å². The molecule has 2 rings (SSSR count). The van der Waals surface area contributed by atoms with Gasteiger partial charge >= 0.3 is 5.97 Å². The molecule has 0 fully saturated rings. The summed E-state index contributed by atoms with van der Waals surface area (Å²) in [5.74, 6) is -0.802. The summed E-state index contributed by atoms with van der Waals surface area (Å²) in [6.07, 6.45) is 0.0327. The van der Waals surface area contributed by atoms with Crippen LogP contribution in [-0.4, -0.2) is 21.2 Å². The molecule has 5 heteroatoms. The molecule has 1 atom stereocenters. The molecule has 1 unspecified atom stereocenters. The van der Waals surface area contributed by atoms with E-state index in [4.69, 9.17) is 9.52 Å². The lowest BCUT2D eigenvalue weighted by atomic mass is 10.1. The normalized spacial score (nSPS) is 12.4. The van der Waals surface area contributed by atoms with E-state index >= 15 is 0 Å². The van der Waals surface area contributed by atoms with E-state index in [-0.39, 0.29) is 0 Å². The average Bonchev–Trinajstić information content (AvgIpc) is 2.75. The molecule has 2 aromatic rings. The zero-order chi connectivity index (χ0) is 12.4. The number of carboxylic acids is 1. The van der Waals surface area contributed by atoms with E-state index in [1.807, 2.05) is 6.92 Å². The van der Waals surface area contributed by atoms with Crippen molar-refractivity contribution < 1.29 is 19.4 Å². The fourth-order valence-corrected chi connectivity index (χ4v) is 1.44. The van der Waals surface area contributed by atoms with Crippen LogP contribution < -0.4 is 0 Å². The number of benzene rings is 1. The zero-order valence-electron chi connectivity index (χ0n) is 9.12. The summed E-state index contributed by atoms with van der Waals surface area (Å²) in [6, 6.07) is 6.39. The topological polar surface area (TPSA) is 83.6 Å². The average molecular weight is 233 g/mol. The highest BCUT2D eigenvalue weighted by Crippen LogP contribution is 2.21. The largest absolute Gasteiger partial charge is 0.479 e. The number of hydrogen-bond acceptors (Lipinski definition) is 4. The molecule has 0 aliphatic rings. The molecule has 1 heterocycles. The molecule has 5 nitrogen and oxygen atoms in total. The highest BCUT2D eigenvalue weighted by atomic mass is 16.4. The van der Waals surface area contributed by atoms with Gasteiger partial charge in [-0.05, 0) is 24.6 Å². The summed E-state index contributed by atoms with van der Waals surface area (Å²) < 4.78 is 5.21. The van der Waals surface area contributed by atoms with Crippen molar-refractivity contribution in [2.75, 3.05) is 0 Å². The van der Waals surface area contributed by atoms with Crippen molar-refractivity contribution in [3.8, 4) is 11.5 Å². The first-order chi connectivity index (χ1) is 8.08. The lowest BCUT2D eigenvalue weighted by Crippen LogP contribution is -2.10. The van der Waals surface area contributed by atoms with Gasteiger partial charge in [-0.25, -0.2) is 9.78 Å². The molecular formula is C12H11NO4. The molecule has 0 bridgehead atoms. The molecule has 0 aliphatic carbocycles. The van der Waals surface area contributed by atoms with Crippen LogP contribution in [0.5, 0.6) is 0 Å². The number of carboxylic acid groups (broad SMARTS) is 1. The maximum Gasteiger partial charge on any atom is 0.337 e. The summed E-state index contributed by atoms with van der Waals surface area (Å²) in [5.41, 5.74) is 1.83. The highest BCUT2D eigenvalue weighted by molar-refractivity contribution is 5.74. The Morgan fingerprint density at radius 3 is 2.47 bits per heavy atom. The minimum atomic E-state index is -1.50. The number of aliphatic hydroxyl groups excluding tert-OH is 1. The minimum absolute atomic E-state index is 0.324. The van der Waals surface area contributed by atoms with Gasteiger partial charge in [0.1, 0.15) is 6.26 Å². The van der Waals surface area contributed by atoms with Gasteiger partial charge in [0.2, 0.25) is 5.89 Å². The Hall–Kier alpha value is -2.14. The molecule has 0 radical (unpaired) electrons. The Morgan fingerprint density at radius 2 is 2.00 bits per heavy atom. The Morgan fingerprint density at radius 1 is 1.35 bits per heavy atom. The molecule has 1 aromatic heterocycles. The quantitative estimate of drug-likeness (QED) is 0.844. The number of nitrogens with zero attached hydrogens (tertiary/aromatic N) is 1. The second-order valence-corrected chi connectivity index (χ2v) is 3.66. The first-order valence-electron chi connectivity index (χ1n) is 5.01. The Kier molecular flexibility index (Phi) is 2.93. The third-order valence-corrected chi connectivity index (χ3v) is 2.33. The summed E-state index contributed by atoms with van der Waals surface area (Å²) in [4.78, 5) is 14.7. The first-order valence-corrected chi connectivity index (χ1v) is 5.01. The van der Waals surface area contributed by atoms with Crippen molar-refractivity contribution in [3.05, 3.63) is 41.8 Å². The minimum Gasteiger partial charge on any atom is -0.479 e. The van der Waals surface area contributed by atoms with Gasteiger partial charge in [0.15, 0.2) is 6.10 Å². The third-order valence-electron chi connectivity index (χ3n) is 2.33. The van der Waals surface area contributed by atoms with Gasteiger partial charge < -0.3 is 14.6 Å². The van der Waals surface area contributed by atoms with Crippen LogP contribution in [0.3, 0.4) is 0 Å². The highest BCUT2D eigenvalue weighted by Gasteiger charge is 2.15. The zero-order valence-corrected chi connectivity index (χ0v) is 9.12. The van der Waals surface area contributed by atoms with Crippen LogP contribution in [0.2, 0.25) is 0 Å². The Balaban J connectivity index is 2.27. The fraction of sp³-hybridized carbons (Fsp3) is 0.167. The third kappa shape index (κ3) is 2.34. The maximum absolute atomic E-state index is 10.6. The van der Waals surface area contributed by atoms with E-state index in [0.29, 0.717) is 11.5 Å². The molecule has 0 saturated carbocycles. The van der Waals surface area contributed by atoms with E-state index < -0.39 is 12.1 Å². The van der Waals surface area contributed by atoms with Gasteiger partial charge in [-0.3, -0.25) is 0 Å². The monoisotopic (exact) mass is 233 g/mol. The van der Waals surface area contributed by atoms with Crippen molar-refractivity contribution in [2.45, 2.75) is 13.0 Å². The fourth-order valence-electron chi connectivity index (χ4n) is 1.44. The summed E-state index contributed by atoms with van der Waals surface area (Å²) in [7, 11) is 0. The van der Waals surface area contributed by atoms with Gasteiger partial charge in [-0.15, -0.1) is 0 Å². The van der Waals surface area contributed by atoms with Crippen molar-refractivity contribution in [2.24, 2.45) is 0 Å². The van der Waals surface area contributed by atoms with Crippen molar-refractivity contribution in [3.63, 3.8) is 0 Å². The molecular weight excluding hydrogens is 222 g/mol. The Bertz CT molecular complexity index is 530. The number of rotatable bonds is 3. The summed E-state index contributed by atoms with van der Waals surface area (Å²) in [5, 5.41) is 18.0. The molecule has 0 spiro atoms. The molecule has 0 saturated heterocycles. The molecule has 0 amide bonds. The van der Waals surface area contributed by atoms with Crippen LogP contribution in [0.4, 0.5) is 0 Å². The van der Waals surface area contributed by atoms with Crippen LogP contribution in [0.15, 0.2) is 34.9 Å². The Labute approximate surface area is 97.3 Å². The summed E-state index contributed by atoms with van der Waals surface area (Å²) in [6.45, 7) is 1.82. The van der Waals surface area contributed by atoms with Gasteiger partial charge in [-0.1, -0.05) is 12.1 Å². The molecule has 2 N–H and O–H groups in total. The van der Waals surface area contributed by atoms with Gasteiger partial charge in [0.25, 0.3) is 0 Å². The second-order valence-electron chi connectivity index (χ2n) is 3.66. The molecule has 17 heavy (non-hydrogen) atoms. The van der Waals surface area contributed by atoms with E-state index in [1.165, 1.54) is 18.4 Å². The van der Waals surface area contributed by atoms with Crippen LogP contribution in [-0.2, 0) is 4.79 Å². The number of oxazole rings is 1. The predicted molar refractivity (Wildman–Crippen MR) is 59.3 cm³/mol. The summed E-state index contributed by atoms with van der Waals surface area (Å²) >= 11 is 0. The number of carbonyl (C=O) groups is 1. The van der Waals surface area contributed by atoms with Crippen LogP contribution in [0.25, 0.3) is 11.5 Å². The SMILES string of the molecule is Cc1coc(-c2ccc(C(O)C(=O)O)cc2)n1. The lowest BCUT2D eigenvalue weighted by molar-refractivity contribution is -0.146. The van der Waals surface area contributed by atoms with E-state index in [9.17, 15) is 9.90 Å². The van der Waals surface area contributed by atoms with Crippen molar-refractivity contribution in [1.82, 2.24) is 4.98 Å². The van der Waals surface area contributed by atoms with Gasteiger partial charge in [-0.2, -0.15) is 0 Å². The van der Waals surface area contributed by atoms with Crippen molar-refractivity contribution >= 4 is 5.97 Å². The smallest absolute Gasteiger partial charge is 0.337 e. The number of hydrogen-bond donors (Lipinski definition) is 2. The van der Waals surface area contributed by atoms with E-state index in [0.717, 1.165) is 11.3 Å². The molecule has 1 aromatic carbocycles. The number of aromatic nitrogens is 1. The second kappa shape index (κ2) is 4.39. The molecule has 88 valence electrons. The standard InChI is InChI=1S/C12H11NO4/c1-7-6-17-11(13-7)9-4-2-8(3-5-9)10(14)12(15)16/h2-6,10,14H,1H3,(H,15,16). The van der Waals surface area contributed by atoms with Crippen LogP contribution in [0.1, 0.15) is 17.4 Å². The van der Waals surface area contributed by atoms with E-state index in [1.54, 1.807) is 12.1 Å². The first kappa shape index (κ1) is 11.3. The number of aliphatic carboxylic acids is 1. The predicted octanol–water partition coefficient (Wildman–Crippen LogP) is 1.77. The number of aryl methyl sites for hydroxylation is 1.